The Bertz CT molecular complexity index is 733. The third-order valence-corrected chi connectivity index (χ3v) is 3.85. The Kier molecular flexibility index (Phi) is 4.38. The van der Waals surface area contributed by atoms with E-state index in [0.717, 1.165) is 6.20 Å². The molecule has 0 saturated heterocycles. The normalized spacial score (nSPS) is 11.5. The van der Waals surface area contributed by atoms with Gasteiger partial charge in [0.25, 0.3) is 10.0 Å². The van der Waals surface area contributed by atoms with Crippen molar-refractivity contribution in [1.29, 1.82) is 0 Å². The van der Waals surface area contributed by atoms with Gasteiger partial charge in [0, 0.05) is 6.07 Å². The van der Waals surface area contributed by atoms with Gasteiger partial charge in [0.1, 0.15) is 5.56 Å². The highest BCUT2D eigenvalue weighted by molar-refractivity contribution is 7.89. The van der Waals surface area contributed by atoms with Gasteiger partial charge in [-0.1, -0.05) is 5.16 Å². The van der Waals surface area contributed by atoms with Crippen LogP contribution in [0.4, 0.5) is 0 Å². The van der Waals surface area contributed by atoms with E-state index in [-0.39, 0.29) is 23.7 Å². The average Bonchev–Trinajstić information content (AvgIpc) is 3.05. The Labute approximate surface area is 120 Å². The fourth-order valence-electron chi connectivity index (χ4n) is 1.57. The Morgan fingerprint density at radius 2 is 2.29 bits per heavy atom. The second kappa shape index (κ2) is 6.06. The van der Waals surface area contributed by atoms with Crippen LogP contribution in [-0.2, 0) is 21.3 Å². The number of nitrogens with zero attached hydrogens (tertiary/aromatic N) is 2. The number of carbonyl (C=O) groups is 1. The average molecular weight is 314 g/mol. The lowest BCUT2D eigenvalue weighted by Gasteiger charge is -2.05. The zero-order valence-corrected chi connectivity index (χ0v) is 12.2. The molecule has 0 fully saturated rings. The van der Waals surface area contributed by atoms with Gasteiger partial charge in [-0.2, -0.15) is 5.10 Å². The quantitative estimate of drug-likeness (QED) is 0.737. The van der Waals surface area contributed by atoms with Gasteiger partial charge in [-0.25, -0.2) is 17.9 Å². The van der Waals surface area contributed by atoms with Crippen molar-refractivity contribution in [2.45, 2.75) is 25.4 Å². The van der Waals surface area contributed by atoms with Crippen LogP contribution in [0.25, 0.3) is 0 Å². The largest absolute Gasteiger partial charge is 0.462 e. The van der Waals surface area contributed by atoms with Gasteiger partial charge in [-0.15, -0.1) is 0 Å². The van der Waals surface area contributed by atoms with Gasteiger partial charge in [0.15, 0.2) is 10.8 Å². The molecule has 0 spiro atoms. The maximum Gasteiger partial charge on any atom is 0.342 e. The first-order valence-electron chi connectivity index (χ1n) is 6.06. The van der Waals surface area contributed by atoms with Gasteiger partial charge < -0.3 is 9.26 Å². The number of aromatic amines is 1. The first-order chi connectivity index (χ1) is 9.94. The van der Waals surface area contributed by atoms with Crippen LogP contribution >= 0.6 is 0 Å². The molecule has 21 heavy (non-hydrogen) atoms. The van der Waals surface area contributed by atoms with Crippen LogP contribution in [0.15, 0.2) is 21.8 Å². The summed E-state index contributed by atoms with van der Waals surface area (Å²) in [4.78, 5) is 11.6. The molecule has 0 atom stereocenters. The summed E-state index contributed by atoms with van der Waals surface area (Å²) in [6, 6.07) is 1.60. The fraction of sp³-hybridized carbons (Fsp3) is 0.364. The number of hydrogen-bond acceptors (Lipinski definition) is 7. The summed E-state index contributed by atoms with van der Waals surface area (Å²) in [6.07, 6.45) is 1.10. The highest BCUT2D eigenvalue weighted by Gasteiger charge is 2.26. The molecule has 2 N–H and O–H groups in total. The predicted molar refractivity (Wildman–Crippen MR) is 69.8 cm³/mol. The second-order valence-corrected chi connectivity index (χ2v) is 5.80. The molecule has 0 radical (unpaired) electrons. The van der Waals surface area contributed by atoms with E-state index in [4.69, 9.17) is 9.26 Å². The summed E-state index contributed by atoms with van der Waals surface area (Å²) in [6.45, 7) is 3.38. The molecule has 0 amide bonds. The van der Waals surface area contributed by atoms with E-state index in [1.54, 1.807) is 19.9 Å². The van der Waals surface area contributed by atoms with E-state index in [1.165, 1.54) is 0 Å². The molecule has 0 aliphatic rings. The number of nitrogens with one attached hydrogen (secondary N) is 2. The number of esters is 1. The van der Waals surface area contributed by atoms with Crippen molar-refractivity contribution in [3.8, 4) is 0 Å². The van der Waals surface area contributed by atoms with Gasteiger partial charge in [0.05, 0.1) is 25.0 Å². The number of sulfonamides is 1. The SMILES string of the molecule is CCOC(=O)c1cn[nH]c1S(=O)(=O)NCc1cc(C)no1. The van der Waals surface area contributed by atoms with Crippen molar-refractivity contribution < 1.29 is 22.5 Å². The van der Waals surface area contributed by atoms with Crippen molar-refractivity contribution in [3.05, 3.63) is 29.3 Å². The maximum atomic E-state index is 12.2. The van der Waals surface area contributed by atoms with E-state index in [2.05, 4.69) is 20.1 Å². The number of carbonyl (C=O) groups excluding carboxylic acids is 1. The van der Waals surface area contributed by atoms with Crippen molar-refractivity contribution in [2.75, 3.05) is 6.61 Å². The van der Waals surface area contributed by atoms with Crippen molar-refractivity contribution >= 4 is 16.0 Å². The van der Waals surface area contributed by atoms with Crippen molar-refractivity contribution in [3.63, 3.8) is 0 Å². The van der Waals surface area contributed by atoms with Crippen LogP contribution in [0.5, 0.6) is 0 Å². The molecule has 0 saturated carbocycles. The molecule has 10 heteroatoms. The summed E-state index contributed by atoms with van der Waals surface area (Å²) in [5.74, 6) is -0.407. The predicted octanol–water partition coefficient (Wildman–Crippen LogP) is 0.361. The monoisotopic (exact) mass is 314 g/mol. The van der Waals surface area contributed by atoms with Crippen LogP contribution < -0.4 is 4.72 Å². The van der Waals surface area contributed by atoms with Crippen LogP contribution in [0.2, 0.25) is 0 Å². The van der Waals surface area contributed by atoms with Crippen LogP contribution in [0.3, 0.4) is 0 Å². The number of H-pyrrole nitrogens is 1. The lowest BCUT2D eigenvalue weighted by molar-refractivity contribution is 0.0522. The molecule has 2 aromatic rings. The Balaban J connectivity index is 2.16. The van der Waals surface area contributed by atoms with Gasteiger partial charge in [0.2, 0.25) is 0 Å². The van der Waals surface area contributed by atoms with E-state index >= 15 is 0 Å². The minimum atomic E-state index is -3.96. The summed E-state index contributed by atoms with van der Waals surface area (Å²) in [5, 5.41) is 9.15. The van der Waals surface area contributed by atoms with E-state index < -0.39 is 16.0 Å². The summed E-state index contributed by atoms with van der Waals surface area (Å²) in [7, 11) is -3.96. The van der Waals surface area contributed by atoms with Crippen molar-refractivity contribution in [2.24, 2.45) is 0 Å². The molecular weight excluding hydrogens is 300 g/mol. The summed E-state index contributed by atoms with van der Waals surface area (Å²) >= 11 is 0. The molecule has 2 rings (SSSR count). The topological polar surface area (TPSA) is 127 Å². The van der Waals surface area contributed by atoms with Crippen LogP contribution in [-0.4, -0.2) is 36.3 Å². The maximum absolute atomic E-state index is 12.2. The summed E-state index contributed by atoms with van der Waals surface area (Å²) in [5.41, 5.74) is 0.482. The third kappa shape index (κ3) is 3.47. The zero-order valence-electron chi connectivity index (χ0n) is 11.4. The van der Waals surface area contributed by atoms with Gasteiger partial charge in [-0.05, 0) is 13.8 Å². The van der Waals surface area contributed by atoms with E-state index in [9.17, 15) is 13.2 Å². The fourth-order valence-corrected chi connectivity index (χ4v) is 2.65. The van der Waals surface area contributed by atoms with Crippen LogP contribution in [0, 0.1) is 6.92 Å². The highest BCUT2D eigenvalue weighted by atomic mass is 32.2. The molecule has 2 heterocycles. The molecule has 0 aliphatic heterocycles. The molecule has 0 aromatic carbocycles. The number of aryl methyl sites for hydroxylation is 1. The first kappa shape index (κ1) is 15.2. The van der Waals surface area contributed by atoms with Crippen molar-refractivity contribution in [1.82, 2.24) is 20.1 Å². The Morgan fingerprint density at radius 1 is 1.52 bits per heavy atom. The Hall–Kier alpha value is -2.20. The van der Waals surface area contributed by atoms with E-state index in [0.29, 0.717) is 11.5 Å². The van der Waals surface area contributed by atoms with Crippen LogP contribution in [0.1, 0.15) is 28.7 Å². The molecule has 0 bridgehead atoms. The minimum absolute atomic E-state index is 0.0928. The molecule has 0 aliphatic carbocycles. The minimum Gasteiger partial charge on any atom is -0.462 e. The second-order valence-electron chi connectivity index (χ2n) is 4.09. The van der Waals surface area contributed by atoms with Gasteiger partial charge in [-0.3, -0.25) is 5.10 Å². The number of ether oxygens (including phenoxy) is 1. The number of rotatable bonds is 6. The van der Waals surface area contributed by atoms with E-state index in [1.807, 2.05) is 0 Å². The third-order valence-electron chi connectivity index (χ3n) is 2.48. The lowest BCUT2D eigenvalue weighted by atomic mass is 10.4. The molecule has 114 valence electrons. The standard InChI is InChI=1S/C11H14N4O5S/c1-3-19-11(16)9-6-12-14-10(9)21(17,18)13-5-8-4-7(2)15-20-8/h4,6,13H,3,5H2,1-2H3,(H,12,14). The smallest absolute Gasteiger partial charge is 0.342 e. The number of aromatic nitrogens is 3. The first-order valence-corrected chi connectivity index (χ1v) is 7.54. The number of hydrogen-bond donors (Lipinski definition) is 2. The highest BCUT2D eigenvalue weighted by Crippen LogP contribution is 2.14. The summed E-state index contributed by atoms with van der Waals surface area (Å²) < 4.78 is 36.3. The molecular formula is C11H14N4O5S. The van der Waals surface area contributed by atoms with Gasteiger partial charge >= 0.3 is 5.97 Å². The molecule has 0 unspecified atom stereocenters. The zero-order chi connectivity index (χ0) is 15.5. The molecule has 9 nitrogen and oxygen atoms in total. The lowest BCUT2D eigenvalue weighted by Crippen LogP contribution is -2.25. The molecule has 2 aromatic heterocycles. The Morgan fingerprint density at radius 3 is 2.90 bits per heavy atom.